The minimum absolute atomic E-state index is 0.345. The largest absolute Gasteiger partial charge is 0.493 e. The normalized spacial score (nSPS) is 11.8. The number of fused-ring (bicyclic) bond motifs is 1. The maximum absolute atomic E-state index is 12.8. The van der Waals surface area contributed by atoms with Crippen LogP contribution in [0.1, 0.15) is 41.5 Å². The molecular weight excluding hydrogens is 344 g/mol. The maximum atomic E-state index is 12.8. The van der Waals surface area contributed by atoms with Crippen LogP contribution < -0.4 is 15.4 Å². The Labute approximate surface area is 160 Å². The van der Waals surface area contributed by atoms with Crippen molar-refractivity contribution in [3.05, 3.63) is 36.4 Å². The third kappa shape index (κ3) is 5.36. The first kappa shape index (κ1) is 20.6. The van der Waals surface area contributed by atoms with E-state index in [-0.39, 0.29) is 5.91 Å². The van der Waals surface area contributed by atoms with Crippen molar-refractivity contribution in [2.24, 2.45) is 0 Å². The molecule has 2 rings (SSSR count). The van der Waals surface area contributed by atoms with Gasteiger partial charge < -0.3 is 20.1 Å². The van der Waals surface area contributed by atoms with Crippen molar-refractivity contribution >= 4 is 28.5 Å². The van der Waals surface area contributed by atoms with Gasteiger partial charge in [-0.3, -0.25) is 4.79 Å². The summed E-state index contributed by atoms with van der Waals surface area (Å²) in [6.07, 6.45) is -0.640. The lowest BCUT2D eigenvalue weighted by Gasteiger charge is -2.28. The summed E-state index contributed by atoms with van der Waals surface area (Å²) in [6.45, 7) is 11.0. The van der Waals surface area contributed by atoms with E-state index >= 15 is 0 Å². The lowest BCUT2D eigenvalue weighted by atomic mass is 10.0. The van der Waals surface area contributed by atoms with Gasteiger partial charge in [0, 0.05) is 16.5 Å². The Bertz CT molecular complexity index is 838. The molecule has 0 heterocycles. The molecule has 0 aliphatic carbocycles. The number of nitrogens with one attached hydrogen (secondary N) is 2. The molecule has 0 aliphatic heterocycles. The molecule has 0 aromatic heterocycles. The van der Waals surface area contributed by atoms with E-state index in [1.165, 1.54) is 0 Å². The third-order valence-electron chi connectivity index (χ3n) is 3.81. The fourth-order valence-electron chi connectivity index (χ4n) is 2.56. The number of carbonyl (C=O) groups excluding carboxylic acids is 2. The molecule has 2 aromatic rings. The van der Waals surface area contributed by atoms with Crippen LogP contribution in [0.5, 0.6) is 5.75 Å². The molecule has 0 spiro atoms. The van der Waals surface area contributed by atoms with Crippen molar-refractivity contribution in [2.75, 3.05) is 11.9 Å². The zero-order valence-corrected chi connectivity index (χ0v) is 16.8. The number of carbonyl (C=O) groups is 2. The Hall–Kier alpha value is -2.76. The van der Waals surface area contributed by atoms with Crippen LogP contribution >= 0.6 is 0 Å². The standard InChI is InChI=1S/C21H28N2O4/c1-7-26-17-13-12-16(14-10-8-9-11-15(14)17)22-18(24)21(5,6)23-19(25)27-20(2,3)4/h8-13H,7H2,1-6H3,(H,22,24)(H,23,25). The number of hydrogen-bond donors (Lipinski definition) is 2. The fourth-order valence-corrected chi connectivity index (χ4v) is 2.56. The van der Waals surface area contributed by atoms with Crippen molar-refractivity contribution in [3.8, 4) is 5.75 Å². The van der Waals surface area contributed by atoms with Crippen molar-refractivity contribution in [1.29, 1.82) is 0 Å². The SMILES string of the molecule is CCOc1ccc(NC(=O)C(C)(C)NC(=O)OC(C)(C)C)c2ccccc12. The summed E-state index contributed by atoms with van der Waals surface area (Å²) in [5.41, 5.74) is -1.14. The van der Waals surface area contributed by atoms with E-state index in [0.717, 1.165) is 16.5 Å². The second kappa shape index (κ2) is 7.86. The third-order valence-corrected chi connectivity index (χ3v) is 3.81. The highest BCUT2D eigenvalue weighted by molar-refractivity contribution is 6.07. The quantitative estimate of drug-likeness (QED) is 0.811. The molecule has 6 heteroatoms. The van der Waals surface area contributed by atoms with Crippen molar-refractivity contribution in [1.82, 2.24) is 5.32 Å². The molecule has 146 valence electrons. The Balaban J connectivity index is 2.22. The smallest absolute Gasteiger partial charge is 0.408 e. The molecule has 0 atom stereocenters. The van der Waals surface area contributed by atoms with Crippen molar-refractivity contribution in [2.45, 2.75) is 52.7 Å². The van der Waals surface area contributed by atoms with Gasteiger partial charge >= 0.3 is 6.09 Å². The zero-order valence-electron chi connectivity index (χ0n) is 16.8. The fraction of sp³-hybridized carbons (Fsp3) is 0.429. The summed E-state index contributed by atoms with van der Waals surface area (Å²) in [5.74, 6) is 0.417. The summed E-state index contributed by atoms with van der Waals surface area (Å²) in [4.78, 5) is 24.8. The molecule has 2 amide bonds. The van der Waals surface area contributed by atoms with E-state index in [2.05, 4.69) is 10.6 Å². The van der Waals surface area contributed by atoms with E-state index in [1.54, 1.807) is 40.7 Å². The molecule has 0 bridgehead atoms. The molecule has 0 unspecified atom stereocenters. The monoisotopic (exact) mass is 372 g/mol. The number of alkyl carbamates (subject to hydrolysis) is 1. The lowest BCUT2D eigenvalue weighted by molar-refractivity contribution is -0.121. The number of amides is 2. The lowest BCUT2D eigenvalue weighted by Crippen LogP contribution is -2.53. The number of ether oxygens (including phenoxy) is 2. The van der Waals surface area contributed by atoms with Gasteiger partial charge in [-0.05, 0) is 53.7 Å². The molecular formula is C21H28N2O4. The van der Waals surface area contributed by atoms with Crippen LogP contribution in [0.25, 0.3) is 10.8 Å². The zero-order chi connectivity index (χ0) is 20.2. The van der Waals surface area contributed by atoms with Crippen LogP contribution in [0.2, 0.25) is 0 Å². The van der Waals surface area contributed by atoms with Crippen LogP contribution in [0.15, 0.2) is 36.4 Å². The second-order valence-corrected chi connectivity index (χ2v) is 7.80. The van der Waals surface area contributed by atoms with E-state index in [0.29, 0.717) is 12.3 Å². The van der Waals surface area contributed by atoms with Gasteiger partial charge in [0.25, 0.3) is 0 Å². The summed E-state index contributed by atoms with van der Waals surface area (Å²) >= 11 is 0. The van der Waals surface area contributed by atoms with Gasteiger partial charge in [0.05, 0.1) is 6.61 Å². The van der Waals surface area contributed by atoms with Crippen molar-refractivity contribution < 1.29 is 19.1 Å². The number of benzene rings is 2. The van der Waals surface area contributed by atoms with Crippen molar-refractivity contribution in [3.63, 3.8) is 0 Å². The van der Waals surface area contributed by atoms with Gasteiger partial charge in [0.15, 0.2) is 0 Å². The minimum Gasteiger partial charge on any atom is -0.493 e. The Kier molecular flexibility index (Phi) is 5.98. The molecule has 0 aliphatic rings. The number of hydrogen-bond acceptors (Lipinski definition) is 4. The first-order chi connectivity index (χ1) is 12.5. The predicted molar refractivity (Wildman–Crippen MR) is 107 cm³/mol. The average Bonchev–Trinajstić information content (AvgIpc) is 2.54. The van der Waals surface area contributed by atoms with Crippen LogP contribution in [-0.2, 0) is 9.53 Å². The van der Waals surface area contributed by atoms with Crippen LogP contribution in [0.3, 0.4) is 0 Å². The van der Waals surface area contributed by atoms with Gasteiger partial charge in [-0.2, -0.15) is 0 Å². The van der Waals surface area contributed by atoms with E-state index in [4.69, 9.17) is 9.47 Å². The molecule has 0 saturated carbocycles. The maximum Gasteiger partial charge on any atom is 0.408 e. The molecule has 0 radical (unpaired) electrons. The topological polar surface area (TPSA) is 76.7 Å². The average molecular weight is 372 g/mol. The number of rotatable bonds is 5. The summed E-state index contributed by atoms with van der Waals surface area (Å²) in [6, 6.07) is 11.3. The van der Waals surface area contributed by atoms with Gasteiger partial charge in [-0.25, -0.2) is 4.79 Å². The highest BCUT2D eigenvalue weighted by atomic mass is 16.6. The molecule has 2 N–H and O–H groups in total. The van der Waals surface area contributed by atoms with E-state index < -0.39 is 17.2 Å². The van der Waals surface area contributed by atoms with Gasteiger partial charge in [-0.15, -0.1) is 0 Å². The van der Waals surface area contributed by atoms with Crippen LogP contribution in [-0.4, -0.2) is 29.7 Å². The van der Waals surface area contributed by atoms with Gasteiger partial charge in [-0.1, -0.05) is 24.3 Å². The van der Waals surface area contributed by atoms with Gasteiger partial charge in [0.2, 0.25) is 5.91 Å². The summed E-state index contributed by atoms with van der Waals surface area (Å²) in [7, 11) is 0. The molecule has 27 heavy (non-hydrogen) atoms. The highest BCUT2D eigenvalue weighted by Gasteiger charge is 2.32. The Morgan fingerprint density at radius 2 is 1.59 bits per heavy atom. The summed E-state index contributed by atoms with van der Waals surface area (Å²) in [5, 5.41) is 7.29. The minimum atomic E-state index is -1.15. The molecule has 2 aromatic carbocycles. The molecule has 0 saturated heterocycles. The van der Waals surface area contributed by atoms with Gasteiger partial charge in [0.1, 0.15) is 16.9 Å². The Morgan fingerprint density at radius 1 is 0.963 bits per heavy atom. The second-order valence-electron chi connectivity index (χ2n) is 7.80. The van der Waals surface area contributed by atoms with Crippen LogP contribution in [0.4, 0.5) is 10.5 Å². The number of anilines is 1. The molecule has 6 nitrogen and oxygen atoms in total. The molecule has 0 fully saturated rings. The van der Waals surface area contributed by atoms with E-state index in [1.807, 2.05) is 37.3 Å². The predicted octanol–water partition coefficient (Wildman–Crippen LogP) is 4.48. The highest BCUT2D eigenvalue weighted by Crippen LogP contribution is 2.32. The van der Waals surface area contributed by atoms with Crippen LogP contribution in [0, 0.1) is 0 Å². The Morgan fingerprint density at radius 3 is 2.19 bits per heavy atom. The summed E-state index contributed by atoms with van der Waals surface area (Å²) < 4.78 is 10.9. The van der Waals surface area contributed by atoms with E-state index in [9.17, 15) is 9.59 Å². The first-order valence-corrected chi connectivity index (χ1v) is 9.00. The first-order valence-electron chi connectivity index (χ1n) is 9.00.